The molecule has 0 spiro atoms. The van der Waals surface area contributed by atoms with Gasteiger partial charge in [-0.3, -0.25) is 0 Å². The molecule has 0 aliphatic rings. The molecule has 0 saturated carbocycles. The van der Waals surface area contributed by atoms with Gasteiger partial charge in [-0.05, 0) is 24.1 Å². The van der Waals surface area contributed by atoms with Crippen molar-refractivity contribution in [3.8, 4) is 0 Å². The maximum Gasteiger partial charge on any atom is 0.159 e. The van der Waals surface area contributed by atoms with Crippen LogP contribution in [0.25, 0.3) is 0 Å². The van der Waals surface area contributed by atoms with Crippen molar-refractivity contribution in [3.63, 3.8) is 0 Å². The molecule has 90 valence electrons. The van der Waals surface area contributed by atoms with Crippen LogP contribution >= 0.6 is 0 Å². The highest BCUT2D eigenvalue weighted by Crippen LogP contribution is 2.13. The summed E-state index contributed by atoms with van der Waals surface area (Å²) in [5, 5.41) is 19.1. The summed E-state index contributed by atoms with van der Waals surface area (Å²) >= 11 is 0. The maximum atomic E-state index is 12.9. The zero-order chi connectivity index (χ0) is 12.1. The van der Waals surface area contributed by atoms with Crippen molar-refractivity contribution in [1.82, 2.24) is 0 Å². The summed E-state index contributed by atoms with van der Waals surface area (Å²) in [6, 6.07) is 3.46. The van der Waals surface area contributed by atoms with E-state index in [2.05, 4.69) is 0 Å². The first kappa shape index (κ1) is 13.1. The smallest absolute Gasteiger partial charge is 0.159 e. The Labute approximate surface area is 93.5 Å². The van der Waals surface area contributed by atoms with Gasteiger partial charge in [-0.2, -0.15) is 0 Å². The van der Waals surface area contributed by atoms with E-state index in [9.17, 15) is 19.0 Å². The number of hydrogen-bond donors (Lipinski definition) is 2. The molecule has 0 aromatic heterocycles. The molecular weight excluding hydrogens is 214 g/mol. The van der Waals surface area contributed by atoms with Crippen LogP contribution in [0.1, 0.15) is 25.3 Å². The number of rotatable bonds is 5. The summed E-state index contributed by atoms with van der Waals surface area (Å²) in [6.45, 7) is 1.90. The van der Waals surface area contributed by atoms with E-state index in [-0.39, 0.29) is 6.42 Å². The Hall–Kier alpha value is -1.00. The fraction of sp³-hybridized carbons (Fsp3) is 0.500. The fourth-order valence-electron chi connectivity index (χ4n) is 1.53. The van der Waals surface area contributed by atoms with Crippen LogP contribution in [-0.4, -0.2) is 22.4 Å². The molecule has 2 unspecified atom stereocenters. The van der Waals surface area contributed by atoms with E-state index in [1.165, 1.54) is 6.07 Å². The number of aliphatic hydroxyl groups is 2. The van der Waals surface area contributed by atoms with Gasteiger partial charge < -0.3 is 10.2 Å². The van der Waals surface area contributed by atoms with Crippen molar-refractivity contribution in [3.05, 3.63) is 35.4 Å². The molecule has 0 bridgehead atoms. The molecular formula is C12H16F2O2. The summed E-state index contributed by atoms with van der Waals surface area (Å²) in [4.78, 5) is 0. The molecule has 2 atom stereocenters. The maximum absolute atomic E-state index is 12.9. The van der Waals surface area contributed by atoms with Gasteiger partial charge in [0.1, 0.15) is 0 Å². The summed E-state index contributed by atoms with van der Waals surface area (Å²) < 4.78 is 25.5. The van der Waals surface area contributed by atoms with Gasteiger partial charge in [-0.1, -0.05) is 19.4 Å². The Morgan fingerprint density at radius 3 is 2.38 bits per heavy atom. The lowest BCUT2D eigenvalue weighted by molar-refractivity contribution is 0.0148. The van der Waals surface area contributed by atoms with Crippen molar-refractivity contribution in [1.29, 1.82) is 0 Å². The summed E-state index contributed by atoms with van der Waals surface area (Å²) in [6.07, 6.45) is -0.387. The van der Waals surface area contributed by atoms with Crippen LogP contribution in [0, 0.1) is 11.6 Å². The molecule has 2 nitrogen and oxygen atoms in total. The molecule has 4 heteroatoms. The molecule has 16 heavy (non-hydrogen) atoms. The quantitative estimate of drug-likeness (QED) is 0.812. The normalized spacial score (nSPS) is 14.8. The summed E-state index contributed by atoms with van der Waals surface area (Å²) in [5.41, 5.74) is 0.474. The van der Waals surface area contributed by atoms with Crippen molar-refractivity contribution < 1.29 is 19.0 Å². The Balaban J connectivity index is 2.62. The Bertz CT molecular complexity index is 342. The minimum Gasteiger partial charge on any atom is -0.390 e. The third-order valence-electron chi connectivity index (χ3n) is 2.46. The van der Waals surface area contributed by atoms with E-state index in [1.807, 2.05) is 6.92 Å². The molecule has 0 radical (unpaired) electrons. The number of halogens is 2. The number of benzene rings is 1. The molecule has 0 amide bonds. The highest BCUT2D eigenvalue weighted by Gasteiger charge is 2.16. The lowest BCUT2D eigenvalue weighted by Crippen LogP contribution is -2.27. The minimum atomic E-state index is -0.940. The van der Waals surface area contributed by atoms with E-state index in [1.54, 1.807) is 0 Å². The average Bonchev–Trinajstić information content (AvgIpc) is 2.24. The van der Waals surface area contributed by atoms with E-state index >= 15 is 0 Å². The zero-order valence-corrected chi connectivity index (χ0v) is 9.16. The lowest BCUT2D eigenvalue weighted by Gasteiger charge is -2.17. The number of hydrogen-bond acceptors (Lipinski definition) is 2. The lowest BCUT2D eigenvalue weighted by atomic mass is 10.0. The zero-order valence-electron chi connectivity index (χ0n) is 9.16. The summed E-state index contributed by atoms with van der Waals surface area (Å²) in [7, 11) is 0. The van der Waals surface area contributed by atoms with Crippen molar-refractivity contribution in [2.75, 3.05) is 0 Å². The Morgan fingerprint density at radius 1 is 1.12 bits per heavy atom. The van der Waals surface area contributed by atoms with Crippen LogP contribution < -0.4 is 0 Å². The molecule has 0 heterocycles. The minimum absolute atomic E-state index is 0.123. The molecule has 0 saturated heterocycles. The first-order valence-corrected chi connectivity index (χ1v) is 5.34. The molecule has 0 aliphatic heterocycles. The molecule has 0 fully saturated rings. The highest BCUT2D eigenvalue weighted by molar-refractivity contribution is 5.18. The van der Waals surface area contributed by atoms with Crippen molar-refractivity contribution in [2.24, 2.45) is 0 Å². The predicted octanol–water partition coefficient (Wildman–Crippen LogP) is 2.03. The first-order valence-electron chi connectivity index (χ1n) is 5.34. The number of aliphatic hydroxyl groups excluding tert-OH is 2. The highest BCUT2D eigenvalue weighted by atomic mass is 19.2. The molecule has 2 N–H and O–H groups in total. The third kappa shape index (κ3) is 3.54. The van der Waals surface area contributed by atoms with Crippen molar-refractivity contribution in [2.45, 2.75) is 38.4 Å². The third-order valence-corrected chi connectivity index (χ3v) is 2.46. The standard InChI is InChI=1S/C12H16F2O2/c1-2-3-11(15)12(16)7-8-4-5-9(13)10(14)6-8/h4-6,11-12,15-16H,2-3,7H2,1H3. The monoisotopic (exact) mass is 230 g/mol. The van der Waals surface area contributed by atoms with Gasteiger partial charge in [-0.25, -0.2) is 8.78 Å². The predicted molar refractivity (Wildman–Crippen MR) is 57.0 cm³/mol. The Morgan fingerprint density at radius 2 is 1.81 bits per heavy atom. The van der Waals surface area contributed by atoms with Gasteiger partial charge in [0.15, 0.2) is 11.6 Å². The SMILES string of the molecule is CCCC(O)C(O)Cc1ccc(F)c(F)c1. The van der Waals surface area contributed by atoms with Gasteiger partial charge in [0, 0.05) is 6.42 Å². The van der Waals surface area contributed by atoms with Crippen LogP contribution in [0.3, 0.4) is 0 Å². The summed E-state index contributed by atoms with van der Waals surface area (Å²) in [5.74, 6) is -1.85. The molecule has 1 aromatic rings. The first-order chi connectivity index (χ1) is 7.54. The average molecular weight is 230 g/mol. The van der Waals surface area contributed by atoms with Gasteiger partial charge in [0.05, 0.1) is 12.2 Å². The van der Waals surface area contributed by atoms with Crippen LogP contribution in [0.4, 0.5) is 8.78 Å². The topological polar surface area (TPSA) is 40.5 Å². The second-order valence-electron chi connectivity index (χ2n) is 3.88. The largest absolute Gasteiger partial charge is 0.390 e. The second-order valence-corrected chi connectivity index (χ2v) is 3.88. The fourth-order valence-corrected chi connectivity index (χ4v) is 1.53. The van der Waals surface area contributed by atoms with E-state index in [0.29, 0.717) is 12.0 Å². The molecule has 1 rings (SSSR count). The van der Waals surface area contributed by atoms with Crippen molar-refractivity contribution >= 4 is 0 Å². The second kappa shape index (κ2) is 5.92. The Kier molecular flexibility index (Phi) is 4.83. The molecule has 1 aromatic carbocycles. The van der Waals surface area contributed by atoms with Crippen LogP contribution in [0.5, 0.6) is 0 Å². The molecule has 0 aliphatic carbocycles. The van der Waals surface area contributed by atoms with Gasteiger partial charge in [-0.15, -0.1) is 0 Å². The van der Waals surface area contributed by atoms with Gasteiger partial charge in [0.2, 0.25) is 0 Å². The van der Waals surface area contributed by atoms with E-state index < -0.39 is 23.8 Å². The van der Waals surface area contributed by atoms with E-state index in [4.69, 9.17) is 0 Å². The van der Waals surface area contributed by atoms with Gasteiger partial charge >= 0.3 is 0 Å². The van der Waals surface area contributed by atoms with Crippen LogP contribution in [0.2, 0.25) is 0 Å². The van der Waals surface area contributed by atoms with Crippen LogP contribution in [0.15, 0.2) is 18.2 Å². The van der Waals surface area contributed by atoms with Crippen LogP contribution in [-0.2, 0) is 6.42 Å². The van der Waals surface area contributed by atoms with E-state index in [0.717, 1.165) is 18.6 Å². The van der Waals surface area contributed by atoms with Gasteiger partial charge in [0.25, 0.3) is 0 Å².